The van der Waals surface area contributed by atoms with Crippen molar-refractivity contribution >= 4 is 17.7 Å². The highest BCUT2D eigenvalue weighted by Gasteiger charge is 2.10. The van der Waals surface area contributed by atoms with E-state index < -0.39 is 0 Å². The largest absolute Gasteiger partial charge is 0.497 e. The number of hydrogen-bond acceptors (Lipinski definition) is 6. The minimum absolute atomic E-state index is 0.115. The number of hydrogen-bond donors (Lipinski definition) is 0. The second-order valence-corrected chi connectivity index (χ2v) is 5.22. The van der Waals surface area contributed by atoms with Crippen LogP contribution in [0, 0.1) is 11.3 Å². The van der Waals surface area contributed by atoms with Crippen molar-refractivity contribution in [3.8, 4) is 23.1 Å². The molecule has 1 heterocycles. The number of nitrogens with zero attached hydrogens (tertiary/aromatic N) is 2. The van der Waals surface area contributed by atoms with Gasteiger partial charge in [0.15, 0.2) is 0 Å². The Morgan fingerprint density at radius 2 is 1.95 bits per heavy atom. The van der Waals surface area contributed by atoms with Gasteiger partial charge in [0.25, 0.3) is 0 Å². The van der Waals surface area contributed by atoms with E-state index in [0.717, 1.165) is 17.0 Å². The molecule has 0 aliphatic carbocycles. The molecule has 22 heavy (non-hydrogen) atoms. The molecular formula is C16H14N2O3S. The zero-order chi connectivity index (χ0) is 15.9. The summed E-state index contributed by atoms with van der Waals surface area (Å²) < 4.78 is 9.73. The number of carbonyl (C=O) groups excluding carboxylic acids is 1. The molecule has 2 aromatic rings. The number of aromatic nitrogens is 1. The van der Waals surface area contributed by atoms with Gasteiger partial charge < -0.3 is 9.47 Å². The fourth-order valence-electron chi connectivity index (χ4n) is 1.74. The van der Waals surface area contributed by atoms with Crippen LogP contribution in [0.2, 0.25) is 0 Å². The Hall–Kier alpha value is -2.52. The first kappa shape index (κ1) is 15.9. The zero-order valence-corrected chi connectivity index (χ0v) is 13.0. The van der Waals surface area contributed by atoms with Crippen molar-refractivity contribution in [3.63, 3.8) is 0 Å². The molecule has 0 bridgehead atoms. The van der Waals surface area contributed by atoms with Crippen LogP contribution in [0.1, 0.15) is 5.56 Å². The summed E-state index contributed by atoms with van der Waals surface area (Å²) in [5.74, 6) is 0.521. The van der Waals surface area contributed by atoms with E-state index in [9.17, 15) is 4.79 Å². The first-order chi connectivity index (χ1) is 10.7. The lowest BCUT2D eigenvalue weighted by molar-refractivity contribution is -0.137. The van der Waals surface area contributed by atoms with Gasteiger partial charge in [-0.3, -0.25) is 4.79 Å². The molecule has 0 aliphatic heterocycles. The summed E-state index contributed by atoms with van der Waals surface area (Å²) in [7, 11) is 2.94. The summed E-state index contributed by atoms with van der Waals surface area (Å²) in [5, 5.41) is 9.65. The van der Waals surface area contributed by atoms with Crippen molar-refractivity contribution in [1.82, 2.24) is 4.98 Å². The number of pyridine rings is 1. The zero-order valence-electron chi connectivity index (χ0n) is 12.2. The number of thioether (sulfide) groups is 1. The van der Waals surface area contributed by atoms with Crippen LogP contribution in [0.5, 0.6) is 5.75 Å². The molecule has 5 nitrogen and oxygen atoms in total. The van der Waals surface area contributed by atoms with Crippen LogP contribution in [0.4, 0.5) is 0 Å². The summed E-state index contributed by atoms with van der Waals surface area (Å²) in [6.45, 7) is 0. The first-order valence-corrected chi connectivity index (χ1v) is 7.41. The minimum atomic E-state index is -0.356. The second-order valence-electron chi connectivity index (χ2n) is 4.25. The molecule has 0 aliphatic rings. The van der Waals surface area contributed by atoms with Gasteiger partial charge in [-0.05, 0) is 36.4 Å². The maximum absolute atomic E-state index is 11.2. The van der Waals surface area contributed by atoms with E-state index in [1.165, 1.54) is 18.9 Å². The number of benzene rings is 1. The number of methoxy groups -OCH3 is 2. The van der Waals surface area contributed by atoms with E-state index in [4.69, 9.17) is 10.00 Å². The van der Waals surface area contributed by atoms with Gasteiger partial charge in [-0.2, -0.15) is 5.26 Å². The number of carbonyl (C=O) groups is 1. The summed E-state index contributed by atoms with van der Waals surface area (Å²) in [5.41, 5.74) is 2.07. The molecule has 0 fully saturated rings. The van der Waals surface area contributed by atoms with E-state index in [-0.39, 0.29) is 11.7 Å². The van der Waals surface area contributed by atoms with Crippen molar-refractivity contribution in [2.24, 2.45) is 0 Å². The van der Waals surface area contributed by atoms with Crippen LogP contribution < -0.4 is 4.74 Å². The van der Waals surface area contributed by atoms with Gasteiger partial charge >= 0.3 is 5.97 Å². The van der Waals surface area contributed by atoms with E-state index in [1.54, 1.807) is 19.2 Å². The summed E-state index contributed by atoms with van der Waals surface area (Å²) >= 11 is 1.19. The van der Waals surface area contributed by atoms with Crippen LogP contribution >= 0.6 is 11.8 Å². The predicted molar refractivity (Wildman–Crippen MR) is 83.7 cm³/mol. The number of esters is 1. The number of rotatable bonds is 5. The van der Waals surface area contributed by atoms with Gasteiger partial charge in [-0.15, -0.1) is 0 Å². The normalized spacial score (nSPS) is 9.86. The molecule has 2 rings (SSSR count). The van der Waals surface area contributed by atoms with E-state index >= 15 is 0 Å². The SMILES string of the molecule is COC(=O)CSc1nc(-c2ccc(OC)cc2)ccc1C#N. The molecule has 6 heteroatoms. The molecule has 112 valence electrons. The van der Waals surface area contributed by atoms with Gasteiger partial charge in [0.1, 0.15) is 16.8 Å². The van der Waals surface area contributed by atoms with Crippen molar-refractivity contribution < 1.29 is 14.3 Å². The van der Waals surface area contributed by atoms with Crippen LogP contribution in [0.3, 0.4) is 0 Å². The average molecular weight is 314 g/mol. The molecule has 0 radical (unpaired) electrons. The molecule has 0 unspecified atom stereocenters. The Morgan fingerprint density at radius 3 is 2.55 bits per heavy atom. The molecule has 0 amide bonds. The Kier molecular flexibility index (Phi) is 5.39. The topological polar surface area (TPSA) is 72.2 Å². The molecule has 0 saturated carbocycles. The van der Waals surface area contributed by atoms with Crippen LogP contribution in [-0.2, 0) is 9.53 Å². The van der Waals surface area contributed by atoms with E-state index in [2.05, 4.69) is 15.8 Å². The molecule has 0 atom stereocenters. The molecule has 1 aromatic carbocycles. The number of nitriles is 1. The lowest BCUT2D eigenvalue weighted by Gasteiger charge is -2.07. The molecular weight excluding hydrogens is 300 g/mol. The monoisotopic (exact) mass is 314 g/mol. The van der Waals surface area contributed by atoms with E-state index in [0.29, 0.717) is 10.6 Å². The highest BCUT2D eigenvalue weighted by molar-refractivity contribution is 7.99. The Labute approximate surface area is 132 Å². The Bertz CT molecular complexity index is 708. The van der Waals surface area contributed by atoms with Crippen LogP contribution in [-0.4, -0.2) is 30.9 Å². The maximum atomic E-state index is 11.2. The number of ether oxygens (including phenoxy) is 2. The van der Waals surface area contributed by atoms with Gasteiger partial charge in [0, 0.05) is 5.56 Å². The van der Waals surface area contributed by atoms with E-state index in [1.807, 2.05) is 24.3 Å². The van der Waals surface area contributed by atoms with Gasteiger partial charge in [0.2, 0.25) is 0 Å². The standard InChI is InChI=1S/C16H14N2O3S/c1-20-13-6-3-11(4-7-13)14-8-5-12(9-17)16(18-14)22-10-15(19)21-2/h3-8H,10H2,1-2H3. The second kappa shape index (κ2) is 7.48. The van der Waals surface area contributed by atoms with Crippen molar-refractivity contribution in [2.45, 2.75) is 5.03 Å². The molecule has 0 spiro atoms. The smallest absolute Gasteiger partial charge is 0.316 e. The third kappa shape index (κ3) is 3.77. The summed E-state index contributed by atoms with van der Waals surface area (Å²) in [6, 6.07) is 13.0. The summed E-state index contributed by atoms with van der Waals surface area (Å²) in [4.78, 5) is 15.7. The Morgan fingerprint density at radius 1 is 1.23 bits per heavy atom. The van der Waals surface area contributed by atoms with Crippen molar-refractivity contribution in [2.75, 3.05) is 20.0 Å². The highest BCUT2D eigenvalue weighted by Crippen LogP contribution is 2.26. The van der Waals surface area contributed by atoms with Gasteiger partial charge in [0.05, 0.1) is 31.2 Å². The average Bonchev–Trinajstić information content (AvgIpc) is 2.59. The Balaban J connectivity index is 2.29. The lowest BCUT2D eigenvalue weighted by Crippen LogP contribution is -2.04. The third-order valence-electron chi connectivity index (χ3n) is 2.92. The van der Waals surface area contributed by atoms with Gasteiger partial charge in [-0.1, -0.05) is 11.8 Å². The first-order valence-electron chi connectivity index (χ1n) is 6.43. The van der Waals surface area contributed by atoms with Crippen LogP contribution in [0.15, 0.2) is 41.4 Å². The lowest BCUT2D eigenvalue weighted by atomic mass is 10.1. The van der Waals surface area contributed by atoms with Crippen LogP contribution in [0.25, 0.3) is 11.3 Å². The highest BCUT2D eigenvalue weighted by atomic mass is 32.2. The summed E-state index contributed by atoms with van der Waals surface area (Å²) in [6.07, 6.45) is 0. The third-order valence-corrected chi connectivity index (χ3v) is 3.89. The maximum Gasteiger partial charge on any atom is 0.316 e. The minimum Gasteiger partial charge on any atom is -0.497 e. The predicted octanol–water partition coefficient (Wildman–Crippen LogP) is 2.89. The fraction of sp³-hybridized carbons (Fsp3) is 0.188. The van der Waals surface area contributed by atoms with Crippen molar-refractivity contribution in [3.05, 3.63) is 42.0 Å². The molecule has 1 aromatic heterocycles. The molecule has 0 N–H and O–H groups in total. The quantitative estimate of drug-likeness (QED) is 0.624. The molecule has 0 saturated heterocycles. The van der Waals surface area contributed by atoms with Gasteiger partial charge in [-0.25, -0.2) is 4.98 Å². The fourth-order valence-corrected chi connectivity index (χ4v) is 2.55. The van der Waals surface area contributed by atoms with Crippen molar-refractivity contribution in [1.29, 1.82) is 5.26 Å².